The van der Waals surface area contributed by atoms with E-state index in [0.717, 1.165) is 32.1 Å². The molecule has 0 spiro atoms. The second kappa shape index (κ2) is 4.00. The van der Waals surface area contributed by atoms with Crippen molar-refractivity contribution in [1.82, 2.24) is 10.2 Å². The molecule has 92 valence electrons. The van der Waals surface area contributed by atoms with Crippen LogP contribution >= 0.6 is 0 Å². The van der Waals surface area contributed by atoms with Crippen molar-refractivity contribution in [2.75, 3.05) is 27.2 Å². The number of hydrogen-bond donors (Lipinski definition) is 2. The molecule has 2 rings (SSSR count). The molecule has 4 nitrogen and oxygen atoms in total. The average Bonchev–Trinajstić information content (AvgIpc) is 2.93. The summed E-state index contributed by atoms with van der Waals surface area (Å²) in [7, 11) is 3.94. The van der Waals surface area contributed by atoms with Crippen molar-refractivity contribution in [3.8, 4) is 0 Å². The van der Waals surface area contributed by atoms with Crippen LogP contribution < -0.4 is 5.32 Å². The Balaban J connectivity index is 1.87. The van der Waals surface area contributed by atoms with E-state index in [-0.39, 0.29) is 23.5 Å². The fraction of sp³-hybridized carbons (Fsp3) is 0.917. The third-order valence-electron chi connectivity index (χ3n) is 4.38. The lowest BCUT2D eigenvalue weighted by Crippen LogP contribution is -2.61. The maximum absolute atomic E-state index is 12.1. The number of hydrogen-bond acceptors (Lipinski definition) is 3. The number of aliphatic hydroxyl groups excluding tert-OH is 1. The molecule has 2 aliphatic carbocycles. The van der Waals surface area contributed by atoms with Crippen molar-refractivity contribution in [2.45, 2.75) is 37.6 Å². The van der Waals surface area contributed by atoms with E-state index in [1.165, 1.54) is 0 Å². The molecule has 2 aliphatic rings. The van der Waals surface area contributed by atoms with E-state index in [2.05, 4.69) is 5.32 Å². The van der Waals surface area contributed by atoms with Gasteiger partial charge in [0.2, 0.25) is 5.91 Å². The smallest absolute Gasteiger partial charge is 0.240 e. The molecule has 0 radical (unpaired) electrons. The van der Waals surface area contributed by atoms with Crippen LogP contribution in [0.3, 0.4) is 0 Å². The topological polar surface area (TPSA) is 52.6 Å². The zero-order chi connectivity index (χ0) is 11.8. The van der Waals surface area contributed by atoms with Crippen LogP contribution in [0.4, 0.5) is 0 Å². The van der Waals surface area contributed by atoms with Gasteiger partial charge in [0.1, 0.15) is 0 Å². The zero-order valence-electron chi connectivity index (χ0n) is 10.3. The molecule has 0 aliphatic heterocycles. The van der Waals surface area contributed by atoms with E-state index in [1.807, 2.05) is 19.0 Å². The van der Waals surface area contributed by atoms with Gasteiger partial charge in [-0.05, 0) is 46.2 Å². The van der Waals surface area contributed by atoms with Gasteiger partial charge in [0, 0.05) is 12.0 Å². The summed E-state index contributed by atoms with van der Waals surface area (Å²) >= 11 is 0. The quantitative estimate of drug-likeness (QED) is 0.711. The molecule has 2 saturated carbocycles. The Morgan fingerprint density at radius 2 is 1.94 bits per heavy atom. The molecule has 0 aromatic rings. The summed E-state index contributed by atoms with van der Waals surface area (Å²) < 4.78 is 0. The molecule has 0 atom stereocenters. The molecular weight excluding hydrogens is 204 g/mol. The van der Waals surface area contributed by atoms with Crippen molar-refractivity contribution in [3.05, 3.63) is 0 Å². The largest absolute Gasteiger partial charge is 0.396 e. The molecular formula is C12H22N2O2. The van der Waals surface area contributed by atoms with Crippen LogP contribution in [0.2, 0.25) is 0 Å². The minimum absolute atomic E-state index is 0.00686. The van der Waals surface area contributed by atoms with E-state index < -0.39 is 0 Å². The zero-order valence-corrected chi connectivity index (χ0v) is 10.3. The second-order valence-electron chi connectivity index (χ2n) is 5.62. The summed E-state index contributed by atoms with van der Waals surface area (Å²) in [6.45, 7) is 0.833. The highest BCUT2D eigenvalue weighted by Gasteiger charge is 2.48. The monoisotopic (exact) mass is 226 g/mol. The second-order valence-corrected chi connectivity index (χ2v) is 5.62. The van der Waals surface area contributed by atoms with Gasteiger partial charge in [-0.1, -0.05) is 0 Å². The fourth-order valence-corrected chi connectivity index (χ4v) is 2.39. The molecule has 1 amide bonds. The third kappa shape index (κ3) is 1.84. The molecule has 2 N–H and O–H groups in total. The first-order chi connectivity index (χ1) is 7.55. The normalized spacial score (nSPS) is 25.0. The molecule has 16 heavy (non-hydrogen) atoms. The Bertz CT molecular complexity index is 281. The van der Waals surface area contributed by atoms with Gasteiger partial charge in [0.05, 0.1) is 12.1 Å². The summed E-state index contributed by atoms with van der Waals surface area (Å²) in [4.78, 5) is 14.2. The minimum atomic E-state index is -0.272. The van der Waals surface area contributed by atoms with Gasteiger partial charge < -0.3 is 10.4 Å². The van der Waals surface area contributed by atoms with E-state index in [0.29, 0.717) is 6.54 Å². The molecule has 0 heterocycles. The SMILES string of the molecule is CN(C)C1(C(=O)NCC2(CO)CC2)CCC1. The predicted molar refractivity (Wildman–Crippen MR) is 62.0 cm³/mol. The highest BCUT2D eigenvalue weighted by molar-refractivity contribution is 5.87. The van der Waals surface area contributed by atoms with Crippen LogP contribution in [0.25, 0.3) is 0 Å². The van der Waals surface area contributed by atoms with Gasteiger partial charge in [-0.3, -0.25) is 9.69 Å². The van der Waals surface area contributed by atoms with Crippen LogP contribution in [0.5, 0.6) is 0 Å². The lowest BCUT2D eigenvalue weighted by Gasteiger charge is -2.45. The van der Waals surface area contributed by atoms with E-state index >= 15 is 0 Å². The lowest BCUT2D eigenvalue weighted by molar-refractivity contribution is -0.137. The van der Waals surface area contributed by atoms with Gasteiger partial charge in [-0.15, -0.1) is 0 Å². The Morgan fingerprint density at radius 3 is 2.25 bits per heavy atom. The van der Waals surface area contributed by atoms with Gasteiger partial charge in [0.25, 0.3) is 0 Å². The van der Waals surface area contributed by atoms with Crippen molar-refractivity contribution >= 4 is 5.91 Å². The predicted octanol–water partition coefficient (Wildman–Crippen LogP) is 0.359. The maximum atomic E-state index is 12.1. The fourth-order valence-electron chi connectivity index (χ4n) is 2.39. The molecule has 0 unspecified atom stereocenters. The van der Waals surface area contributed by atoms with E-state index in [1.54, 1.807) is 0 Å². The van der Waals surface area contributed by atoms with E-state index in [9.17, 15) is 9.90 Å². The van der Waals surface area contributed by atoms with Gasteiger partial charge in [-0.25, -0.2) is 0 Å². The van der Waals surface area contributed by atoms with E-state index in [4.69, 9.17) is 0 Å². The number of carbonyl (C=O) groups is 1. The highest BCUT2D eigenvalue weighted by Crippen LogP contribution is 2.44. The number of amides is 1. The third-order valence-corrected chi connectivity index (χ3v) is 4.38. The number of nitrogens with zero attached hydrogens (tertiary/aromatic N) is 1. The van der Waals surface area contributed by atoms with Crippen LogP contribution in [0, 0.1) is 5.41 Å². The summed E-state index contributed by atoms with van der Waals surface area (Å²) in [5.74, 6) is 0.142. The van der Waals surface area contributed by atoms with Crippen LogP contribution in [-0.4, -0.2) is 48.7 Å². The van der Waals surface area contributed by atoms with Crippen molar-refractivity contribution in [3.63, 3.8) is 0 Å². The highest BCUT2D eigenvalue weighted by atomic mass is 16.3. The Labute approximate surface area is 97.0 Å². The molecule has 2 fully saturated rings. The number of nitrogens with one attached hydrogen (secondary N) is 1. The van der Waals surface area contributed by atoms with Crippen molar-refractivity contribution in [1.29, 1.82) is 0 Å². The van der Waals surface area contributed by atoms with Gasteiger partial charge in [-0.2, -0.15) is 0 Å². The van der Waals surface area contributed by atoms with Crippen LogP contribution in [-0.2, 0) is 4.79 Å². The first-order valence-electron chi connectivity index (χ1n) is 6.11. The number of likely N-dealkylation sites (N-methyl/N-ethyl adjacent to an activating group) is 1. The molecule has 0 aromatic heterocycles. The number of aliphatic hydroxyl groups is 1. The van der Waals surface area contributed by atoms with Crippen LogP contribution in [0.1, 0.15) is 32.1 Å². The van der Waals surface area contributed by atoms with Crippen LogP contribution in [0.15, 0.2) is 0 Å². The van der Waals surface area contributed by atoms with Crippen molar-refractivity contribution in [2.24, 2.45) is 5.41 Å². The molecule has 0 saturated heterocycles. The Morgan fingerprint density at radius 1 is 1.31 bits per heavy atom. The minimum Gasteiger partial charge on any atom is -0.396 e. The summed E-state index contributed by atoms with van der Waals surface area (Å²) in [5.41, 5.74) is -0.265. The summed E-state index contributed by atoms with van der Waals surface area (Å²) in [6.07, 6.45) is 5.13. The van der Waals surface area contributed by atoms with Gasteiger partial charge >= 0.3 is 0 Å². The number of rotatable bonds is 5. The maximum Gasteiger partial charge on any atom is 0.240 e. The number of carbonyl (C=O) groups excluding carboxylic acids is 1. The lowest BCUT2D eigenvalue weighted by atomic mass is 9.75. The average molecular weight is 226 g/mol. The van der Waals surface area contributed by atoms with Gasteiger partial charge in [0.15, 0.2) is 0 Å². The molecule has 0 bridgehead atoms. The summed E-state index contributed by atoms with van der Waals surface area (Å²) in [6, 6.07) is 0. The molecule has 0 aromatic carbocycles. The molecule has 4 heteroatoms. The van der Waals surface area contributed by atoms with Crippen molar-refractivity contribution < 1.29 is 9.90 Å². The Hall–Kier alpha value is -0.610. The summed E-state index contributed by atoms with van der Waals surface area (Å²) in [5, 5.41) is 12.2. The Kier molecular flexibility index (Phi) is 2.97. The first-order valence-corrected chi connectivity index (χ1v) is 6.11. The first kappa shape index (κ1) is 11.9. The standard InChI is InChI=1S/C12H22N2O2/c1-14(2)12(4-3-5-12)10(16)13-8-11(9-15)6-7-11/h15H,3-9H2,1-2H3,(H,13,16).